The van der Waals surface area contributed by atoms with Crippen LogP contribution in [0.25, 0.3) is 0 Å². The third kappa shape index (κ3) is 7.63. The first-order chi connectivity index (χ1) is 8.44. The van der Waals surface area contributed by atoms with Crippen LogP contribution >= 0.6 is 0 Å². The van der Waals surface area contributed by atoms with Gasteiger partial charge in [0.15, 0.2) is 0 Å². The molecule has 2 N–H and O–H groups in total. The monoisotopic (exact) mass is 260 g/mol. The second kappa shape index (κ2) is 9.30. The zero-order valence-corrected chi connectivity index (χ0v) is 12.2. The molecule has 0 saturated carbocycles. The topological polar surface area (TPSA) is 64.8 Å². The van der Waals surface area contributed by atoms with Gasteiger partial charge in [-0.25, -0.2) is 0 Å². The maximum absolute atomic E-state index is 11.6. The van der Waals surface area contributed by atoms with E-state index in [-0.39, 0.29) is 5.97 Å². The number of unbranched alkanes of at least 4 members (excludes halogenated alkanes) is 1. The number of nitrogens with two attached hydrogens (primary N) is 1. The summed E-state index contributed by atoms with van der Waals surface area (Å²) in [5.41, 5.74) is 5.08. The Hall–Kier alpha value is -0.650. The standard InChI is InChI=1S/C13H28N2O3/c1-5-18-12(16)13(2,14)8-6-7-9-15(3)10-11-17-4/h5-11,14H2,1-4H3. The molecule has 0 aliphatic carbocycles. The molecule has 5 nitrogen and oxygen atoms in total. The highest BCUT2D eigenvalue weighted by atomic mass is 16.5. The second-order valence-corrected chi connectivity index (χ2v) is 4.89. The largest absolute Gasteiger partial charge is 0.465 e. The number of carbonyl (C=O) groups excluding carboxylic acids is 1. The molecule has 5 heteroatoms. The predicted molar refractivity (Wildman–Crippen MR) is 72.4 cm³/mol. The van der Waals surface area contributed by atoms with Crippen molar-refractivity contribution in [1.82, 2.24) is 4.90 Å². The molecule has 0 aliphatic heterocycles. The predicted octanol–water partition coefficient (Wildman–Crippen LogP) is 1.02. The normalized spacial score (nSPS) is 14.6. The van der Waals surface area contributed by atoms with Crippen LogP contribution in [-0.2, 0) is 14.3 Å². The molecule has 0 aromatic rings. The molecule has 0 rings (SSSR count). The Morgan fingerprint density at radius 1 is 1.33 bits per heavy atom. The van der Waals surface area contributed by atoms with Crippen LogP contribution in [0, 0.1) is 0 Å². The minimum absolute atomic E-state index is 0.308. The average Bonchev–Trinajstić information content (AvgIpc) is 2.32. The number of esters is 1. The van der Waals surface area contributed by atoms with E-state index < -0.39 is 5.54 Å². The zero-order valence-electron chi connectivity index (χ0n) is 12.2. The smallest absolute Gasteiger partial charge is 0.325 e. The highest BCUT2D eigenvalue weighted by Crippen LogP contribution is 2.13. The lowest BCUT2D eigenvalue weighted by molar-refractivity contribution is -0.149. The summed E-state index contributed by atoms with van der Waals surface area (Å²) in [6.45, 7) is 6.56. The highest BCUT2D eigenvalue weighted by molar-refractivity contribution is 5.79. The van der Waals surface area contributed by atoms with Crippen LogP contribution in [0.2, 0.25) is 0 Å². The average molecular weight is 260 g/mol. The van der Waals surface area contributed by atoms with Crippen molar-refractivity contribution >= 4 is 5.97 Å². The van der Waals surface area contributed by atoms with Crippen LogP contribution in [0.4, 0.5) is 0 Å². The summed E-state index contributed by atoms with van der Waals surface area (Å²) in [6.07, 6.45) is 2.60. The fourth-order valence-electron chi connectivity index (χ4n) is 1.63. The first-order valence-corrected chi connectivity index (χ1v) is 6.57. The molecular weight excluding hydrogens is 232 g/mol. The number of carbonyl (C=O) groups is 1. The van der Waals surface area contributed by atoms with Gasteiger partial charge in [0, 0.05) is 13.7 Å². The van der Waals surface area contributed by atoms with E-state index in [1.165, 1.54) is 0 Å². The fourth-order valence-corrected chi connectivity index (χ4v) is 1.63. The van der Waals surface area contributed by atoms with E-state index in [1.807, 2.05) is 0 Å². The minimum atomic E-state index is -0.860. The summed E-state index contributed by atoms with van der Waals surface area (Å²) in [7, 11) is 3.76. The molecular formula is C13H28N2O3. The van der Waals surface area contributed by atoms with Gasteiger partial charge in [0.05, 0.1) is 13.2 Å². The third-order valence-electron chi connectivity index (χ3n) is 2.90. The van der Waals surface area contributed by atoms with Gasteiger partial charge in [0.1, 0.15) is 5.54 Å². The molecule has 0 fully saturated rings. The summed E-state index contributed by atoms with van der Waals surface area (Å²) in [5, 5.41) is 0. The lowest BCUT2D eigenvalue weighted by Gasteiger charge is -2.22. The Balaban J connectivity index is 3.73. The lowest BCUT2D eigenvalue weighted by Crippen LogP contribution is -2.46. The van der Waals surface area contributed by atoms with Crippen LogP contribution < -0.4 is 5.73 Å². The summed E-state index contributed by atoms with van der Waals surface area (Å²) in [5.74, 6) is -0.308. The molecule has 1 atom stereocenters. The van der Waals surface area contributed by atoms with Gasteiger partial charge in [0.2, 0.25) is 0 Å². The van der Waals surface area contributed by atoms with Gasteiger partial charge in [-0.15, -0.1) is 0 Å². The van der Waals surface area contributed by atoms with Gasteiger partial charge in [-0.05, 0) is 46.7 Å². The Labute approximate surface area is 111 Å². The summed E-state index contributed by atoms with van der Waals surface area (Å²) in [6, 6.07) is 0. The number of ether oxygens (including phenoxy) is 2. The number of methoxy groups -OCH3 is 1. The molecule has 0 saturated heterocycles. The highest BCUT2D eigenvalue weighted by Gasteiger charge is 2.28. The number of hydrogen-bond donors (Lipinski definition) is 1. The zero-order chi connectivity index (χ0) is 14.0. The van der Waals surface area contributed by atoms with Gasteiger partial charge < -0.3 is 20.1 Å². The van der Waals surface area contributed by atoms with Gasteiger partial charge >= 0.3 is 5.97 Å². The molecule has 0 aromatic heterocycles. The van der Waals surface area contributed by atoms with Gasteiger partial charge in [-0.1, -0.05) is 0 Å². The molecule has 0 heterocycles. The Kier molecular flexibility index (Phi) is 8.97. The van der Waals surface area contributed by atoms with Crippen molar-refractivity contribution in [2.75, 3.05) is 40.5 Å². The molecule has 0 bridgehead atoms. The SMILES string of the molecule is CCOC(=O)C(C)(N)CCCCN(C)CCOC. The Morgan fingerprint density at radius 2 is 2.00 bits per heavy atom. The molecule has 0 radical (unpaired) electrons. The van der Waals surface area contributed by atoms with E-state index in [1.54, 1.807) is 21.0 Å². The maximum atomic E-state index is 11.6. The van der Waals surface area contributed by atoms with Crippen molar-refractivity contribution in [2.24, 2.45) is 5.73 Å². The first-order valence-electron chi connectivity index (χ1n) is 6.57. The maximum Gasteiger partial charge on any atom is 0.325 e. The van der Waals surface area contributed by atoms with Crippen molar-refractivity contribution in [3.05, 3.63) is 0 Å². The van der Waals surface area contributed by atoms with Crippen LogP contribution in [0.5, 0.6) is 0 Å². The van der Waals surface area contributed by atoms with Gasteiger partial charge in [-0.2, -0.15) is 0 Å². The molecule has 0 aliphatic rings. The first kappa shape index (κ1) is 17.4. The Morgan fingerprint density at radius 3 is 2.56 bits per heavy atom. The van der Waals surface area contributed by atoms with Crippen LogP contribution in [-0.4, -0.2) is 56.9 Å². The number of hydrogen-bond acceptors (Lipinski definition) is 5. The van der Waals surface area contributed by atoms with E-state index in [9.17, 15) is 4.79 Å². The van der Waals surface area contributed by atoms with Crippen LogP contribution in [0.15, 0.2) is 0 Å². The van der Waals surface area contributed by atoms with Crippen LogP contribution in [0.1, 0.15) is 33.1 Å². The quantitative estimate of drug-likeness (QED) is 0.469. The minimum Gasteiger partial charge on any atom is -0.465 e. The third-order valence-corrected chi connectivity index (χ3v) is 2.90. The van der Waals surface area contributed by atoms with E-state index in [0.717, 1.165) is 32.5 Å². The van der Waals surface area contributed by atoms with Crippen LogP contribution in [0.3, 0.4) is 0 Å². The number of rotatable bonds is 10. The molecule has 0 aromatic carbocycles. The van der Waals surface area contributed by atoms with Gasteiger partial charge in [0.25, 0.3) is 0 Å². The molecule has 0 amide bonds. The number of likely N-dealkylation sites (N-methyl/N-ethyl adjacent to an activating group) is 1. The van der Waals surface area contributed by atoms with Crippen molar-refractivity contribution in [1.29, 1.82) is 0 Å². The molecule has 0 spiro atoms. The van der Waals surface area contributed by atoms with Crippen molar-refractivity contribution < 1.29 is 14.3 Å². The van der Waals surface area contributed by atoms with E-state index in [4.69, 9.17) is 15.2 Å². The van der Waals surface area contributed by atoms with Crippen molar-refractivity contribution in [2.45, 2.75) is 38.6 Å². The van der Waals surface area contributed by atoms with Gasteiger partial charge in [-0.3, -0.25) is 4.79 Å². The second-order valence-electron chi connectivity index (χ2n) is 4.89. The Bertz CT molecular complexity index is 232. The lowest BCUT2D eigenvalue weighted by atomic mass is 9.96. The summed E-state index contributed by atoms with van der Waals surface area (Å²) in [4.78, 5) is 13.8. The van der Waals surface area contributed by atoms with E-state index in [0.29, 0.717) is 13.0 Å². The number of nitrogens with zero attached hydrogens (tertiary/aromatic N) is 1. The molecule has 108 valence electrons. The summed E-state index contributed by atoms with van der Waals surface area (Å²) < 4.78 is 9.96. The van der Waals surface area contributed by atoms with E-state index >= 15 is 0 Å². The summed E-state index contributed by atoms with van der Waals surface area (Å²) >= 11 is 0. The van der Waals surface area contributed by atoms with Crippen molar-refractivity contribution in [3.63, 3.8) is 0 Å². The molecule has 1 unspecified atom stereocenters. The fraction of sp³-hybridized carbons (Fsp3) is 0.923. The molecule has 18 heavy (non-hydrogen) atoms. The van der Waals surface area contributed by atoms with E-state index in [2.05, 4.69) is 11.9 Å². The van der Waals surface area contributed by atoms with Crippen molar-refractivity contribution in [3.8, 4) is 0 Å².